The van der Waals surface area contributed by atoms with Gasteiger partial charge in [0.15, 0.2) is 5.76 Å². The Hall–Kier alpha value is -0.720. The van der Waals surface area contributed by atoms with Gasteiger partial charge in [0.1, 0.15) is 6.10 Å². The fraction of sp³-hybridized carbons (Fsp3) is 0.727. The van der Waals surface area contributed by atoms with E-state index >= 15 is 0 Å². The molecule has 0 aromatic heterocycles. The summed E-state index contributed by atoms with van der Waals surface area (Å²) in [5.41, 5.74) is 2.64. The minimum absolute atomic E-state index is 0.345. The van der Waals surface area contributed by atoms with E-state index in [9.17, 15) is 5.11 Å². The van der Waals surface area contributed by atoms with Gasteiger partial charge in [0.05, 0.1) is 7.11 Å². The summed E-state index contributed by atoms with van der Waals surface area (Å²) >= 11 is 0. The zero-order chi connectivity index (χ0) is 9.68. The van der Waals surface area contributed by atoms with Crippen molar-refractivity contribution in [2.24, 2.45) is 5.92 Å². The molecule has 0 radical (unpaired) electrons. The van der Waals surface area contributed by atoms with Gasteiger partial charge in [-0.1, -0.05) is 31.6 Å². The molecule has 1 saturated carbocycles. The standard InChI is InChI=1S/C11H18O2/c1-3-10(13-2)11(12)9-7-5-4-6-8-9/h9,11-12H,1,4-8H2,2H3. The fourth-order valence-electron chi connectivity index (χ4n) is 1.96. The van der Waals surface area contributed by atoms with Gasteiger partial charge in [0.25, 0.3) is 0 Å². The zero-order valence-electron chi connectivity index (χ0n) is 8.25. The summed E-state index contributed by atoms with van der Waals surface area (Å²) in [6, 6.07) is 0. The lowest BCUT2D eigenvalue weighted by Gasteiger charge is -2.26. The van der Waals surface area contributed by atoms with E-state index < -0.39 is 6.10 Å². The molecule has 13 heavy (non-hydrogen) atoms. The van der Waals surface area contributed by atoms with Crippen LogP contribution in [0.2, 0.25) is 0 Å². The molecule has 1 rings (SSSR count). The minimum atomic E-state index is -0.497. The quantitative estimate of drug-likeness (QED) is 0.536. The van der Waals surface area contributed by atoms with E-state index in [4.69, 9.17) is 4.74 Å². The van der Waals surface area contributed by atoms with Gasteiger partial charge in [-0.3, -0.25) is 0 Å². The summed E-state index contributed by atoms with van der Waals surface area (Å²) in [5, 5.41) is 9.87. The lowest BCUT2D eigenvalue weighted by molar-refractivity contribution is 0.0638. The zero-order valence-corrected chi connectivity index (χ0v) is 8.25. The lowest BCUT2D eigenvalue weighted by atomic mass is 9.85. The molecule has 1 aliphatic carbocycles. The van der Waals surface area contributed by atoms with Crippen molar-refractivity contribution in [2.45, 2.75) is 38.2 Å². The first kappa shape index (κ1) is 10.4. The van der Waals surface area contributed by atoms with Crippen molar-refractivity contribution >= 4 is 0 Å². The maximum absolute atomic E-state index is 9.87. The third-order valence-electron chi connectivity index (χ3n) is 2.76. The SMILES string of the molecule is C=C=C(OC)C(O)C1CCCCC1. The maximum atomic E-state index is 9.87. The van der Waals surface area contributed by atoms with Crippen LogP contribution in [0.1, 0.15) is 32.1 Å². The summed E-state index contributed by atoms with van der Waals surface area (Å²) < 4.78 is 5.01. The minimum Gasteiger partial charge on any atom is -0.490 e. The molecule has 2 nitrogen and oxygen atoms in total. The lowest BCUT2D eigenvalue weighted by Crippen LogP contribution is -2.25. The van der Waals surface area contributed by atoms with Gasteiger partial charge in [-0.05, 0) is 18.8 Å². The van der Waals surface area contributed by atoms with Gasteiger partial charge in [-0.25, -0.2) is 0 Å². The average Bonchev–Trinajstić information content (AvgIpc) is 2.21. The molecule has 2 heteroatoms. The van der Waals surface area contributed by atoms with Crippen LogP contribution in [0.15, 0.2) is 18.1 Å². The molecule has 0 aromatic rings. The van der Waals surface area contributed by atoms with Gasteiger partial charge in [0, 0.05) is 0 Å². The van der Waals surface area contributed by atoms with Crippen LogP contribution in [0.25, 0.3) is 0 Å². The topological polar surface area (TPSA) is 29.5 Å². The second-order valence-electron chi connectivity index (χ2n) is 3.59. The second kappa shape index (κ2) is 5.11. The van der Waals surface area contributed by atoms with E-state index in [0.29, 0.717) is 11.7 Å². The molecule has 1 N–H and O–H groups in total. The molecule has 0 amide bonds. The van der Waals surface area contributed by atoms with E-state index in [0.717, 1.165) is 12.8 Å². The highest BCUT2D eigenvalue weighted by molar-refractivity contribution is 4.99. The Morgan fingerprint density at radius 3 is 2.54 bits per heavy atom. The monoisotopic (exact) mass is 182 g/mol. The molecule has 0 heterocycles. The van der Waals surface area contributed by atoms with Gasteiger partial charge in [-0.15, -0.1) is 0 Å². The molecule has 1 unspecified atom stereocenters. The van der Waals surface area contributed by atoms with Crippen molar-refractivity contribution in [1.82, 2.24) is 0 Å². The fourth-order valence-corrected chi connectivity index (χ4v) is 1.96. The van der Waals surface area contributed by atoms with Crippen LogP contribution < -0.4 is 0 Å². The Labute approximate surface area is 79.9 Å². The molecule has 0 bridgehead atoms. The van der Waals surface area contributed by atoms with Crippen molar-refractivity contribution < 1.29 is 9.84 Å². The van der Waals surface area contributed by atoms with E-state index in [1.165, 1.54) is 19.3 Å². The highest BCUT2D eigenvalue weighted by Gasteiger charge is 2.25. The Morgan fingerprint density at radius 2 is 2.08 bits per heavy atom. The van der Waals surface area contributed by atoms with Gasteiger partial charge < -0.3 is 9.84 Å². The number of aliphatic hydroxyl groups excluding tert-OH is 1. The normalized spacial score (nSPS) is 20.5. The van der Waals surface area contributed by atoms with E-state index in [2.05, 4.69) is 12.3 Å². The number of hydrogen-bond donors (Lipinski definition) is 1. The van der Waals surface area contributed by atoms with E-state index in [1.807, 2.05) is 0 Å². The van der Waals surface area contributed by atoms with Crippen LogP contribution in [0.3, 0.4) is 0 Å². The first-order valence-corrected chi connectivity index (χ1v) is 4.91. The smallest absolute Gasteiger partial charge is 0.166 e. The second-order valence-corrected chi connectivity index (χ2v) is 3.59. The largest absolute Gasteiger partial charge is 0.490 e. The summed E-state index contributed by atoms with van der Waals surface area (Å²) in [6.45, 7) is 3.50. The van der Waals surface area contributed by atoms with Crippen LogP contribution in [0.5, 0.6) is 0 Å². The van der Waals surface area contributed by atoms with Gasteiger partial charge in [-0.2, -0.15) is 0 Å². The Bertz CT molecular complexity index is 198. The van der Waals surface area contributed by atoms with Crippen LogP contribution in [0.4, 0.5) is 0 Å². The third kappa shape index (κ3) is 2.61. The Morgan fingerprint density at radius 1 is 1.46 bits per heavy atom. The molecule has 0 aromatic carbocycles. The van der Waals surface area contributed by atoms with Crippen molar-refractivity contribution in [3.05, 3.63) is 18.1 Å². The average molecular weight is 182 g/mol. The molecule has 0 saturated heterocycles. The number of methoxy groups -OCH3 is 1. The summed E-state index contributed by atoms with van der Waals surface area (Å²) in [7, 11) is 1.56. The number of ether oxygens (including phenoxy) is 1. The number of aliphatic hydroxyl groups is 1. The Balaban J connectivity index is 2.54. The first-order valence-electron chi connectivity index (χ1n) is 4.91. The third-order valence-corrected chi connectivity index (χ3v) is 2.76. The van der Waals surface area contributed by atoms with Crippen LogP contribution in [0, 0.1) is 5.92 Å². The van der Waals surface area contributed by atoms with Crippen LogP contribution in [-0.4, -0.2) is 18.3 Å². The molecular weight excluding hydrogens is 164 g/mol. The maximum Gasteiger partial charge on any atom is 0.166 e. The highest BCUT2D eigenvalue weighted by atomic mass is 16.5. The molecule has 1 atom stereocenters. The summed E-state index contributed by atoms with van der Waals surface area (Å²) in [5.74, 6) is 0.838. The van der Waals surface area contributed by atoms with Crippen molar-refractivity contribution in [3.63, 3.8) is 0 Å². The predicted octanol–water partition coefficient (Wildman–Crippen LogP) is 2.24. The predicted molar refractivity (Wildman–Crippen MR) is 52.2 cm³/mol. The number of rotatable bonds is 3. The van der Waals surface area contributed by atoms with Crippen LogP contribution >= 0.6 is 0 Å². The van der Waals surface area contributed by atoms with Gasteiger partial charge in [0.2, 0.25) is 0 Å². The van der Waals surface area contributed by atoms with E-state index in [-0.39, 0.29) is 0 Å². The van der Waals surface area contributed by atoms with Crippen molar-refractivity contribution in [3.8, 4) is 0 Å². The number of hydrogen-bond acceptors (Lipinski definition) is 2. The first-order chi connectivity index (χ1) is 6.29. The molecule has 74 valence electrons. The molecule has 1 aliphatic rings. The van der Waals surface area contributed by atoms with Crippen LogP contribution in [-0.2, 0) is 4.74 Å². The molecule has 0 aliphatic heterocycles. The van der Waals surface area contributed by atoms with Crippen molar-refractivity contribution in [2.75, 3.05) is 7.11 Å². The molecule has 0 spiro atoms. The summed E-state index contributed by atoms with van der Waals surface area (Å²) in [4.78, 5) is 0. The van der Waals surface area contributed by atoms with Gasteiger partial charge >= 0.3 is 0 Å². The van der Waals surface area contributed by atoms with Crippen molar-refractivity contribution in [1.29, 1.82) is 0 Å². The summed E-state index contributed by atoms with van der Waals surface area (Å²) in [6.07, 6.45) is 5.42. The molecule has 1 fully saturated rings. The highest BCUT2D eigenvalue weighted by Crippen LogP contribution is 2.29. The van der Waals surface area contributed by atoms with E-state index in [1.54, 1.807) is 7.11 Å². The Kier molecular flexibility index (Phi) is 4.07. The molecular formula is C11H18O2.